The molecule has 162 valence electrons. The summed E-state index contributed by atoms with van der Waals surface area (Å²) in [6.07, 6.45) is 5.39. The quantitative estimate of drug-likeness (QED) is 0.629. The van der Waals surface area contributed by atoms with E-state index in [2.05, 4.69) is 30.8 Å². The molecular weight excluding hydrogens is 417 g/mol. The van der Waals surface area contributed by atoms with Gasteiger partial charge in [0.15, 0.2) is 0 Å². The van der Waals surface area contributed by atoms with Crippen LogP contribution in [0.1, 0.15) is 30.7 Å². The van der Waals surface area contributed by atoms with Crippen molar-refractivity contribution >= 4 is 34.2 Å². The molecule has 2 N–H and O–H groups in total. The summed E-state index contributed by atoms with van der Waals surface area (Å²) in [4.78, 5) is 23.8. The zero-order chi connectivity index (χ0) is 21.4. The number of nitrogens with one attached hydrogen (secondary N) is 2. The molecule has 0 radical (unpaired) electrons. The Morgan fingerprint density at radius 1 is 1.26 bits per heavy atom. The highest BCUT2D eigenvalue weighted by Gasteiger charge is 2.43. The van der Waals surface area contributed by atoms with Crippen LogP contribution in [0, 0.1) is 6.92 Å². The first kappa shape index (κ1) is 20.2. The number of rotatable bonds is 5. The number of amides is 2. The van der Waals surface area contributed by atoms with E-state index in [-0.39, 0.29) is 30.8 Å². The van der Waals surface area contributed by atoms with E-state index in [1.54, 1.807) is 6.20 Å². The number of piperidine rings is 1. The van der Waals surface area contributed by atoms with E-state index in [1.165, 1.54) is 11.3 Å². The summed E-state index contributed by atoms with van der Waals surface area (Å²) in [7, 11) is 0. The lowest BCUT2D eigenvalue weighted by molar-refractivity contribution is 0.141. The van der Waals surface area contributed by atoms with Crippen molar-refractivity contribution in [3.05, 3.63) is 29.4 Å². The van der Waals surface area contributed by atoms with Gasteiger partial charge in [-0.3, -0.25) is 5.32 Å². The number of halogens is 1. The minimum absolute atomic E-state index is 0.160. The molecule has 4 heterocycles. The Bertz CT molecular complexity index is 1090. The van der Waals surface area contributed by atoms with Gasteiger partial charge >= 0.3 is 6.03 Å². The summed E-state index contributed by atoms with van der Waals surface area (Å²) in [6.45, 7) is 1.93. The molecule has 0 saturated carbocycles. The van der Waals surface area contributed by atoms with Crippen LogP contribution in [0.2, 0.25) is 0 Å². The maximum atomic E-state index is 13.0. The van der Waals surface area contributed by atoms with Crippen LogP contribution < -0.4 is 10.6 Å². The maximum absolute atomic E-state index is 13.0. The van der Waals surface area contributed by atoms with Gasteiger partial charge in [-0.25, -0.2) is 19.2 Å². The summed E-state index contributed by atoms with van der Waals surface area (Å²) in [6, 6.07) is 6.32. The Balaban J connectivity index is 1.31. The third-order valence-corrected chi connectivity index (χ3v) is 6.96. The van der Waals surface area contributed by atoms with Gasteiger partial charge in [-0.2, -0.15) is 0 Å². The van der Waals surface area contributed by atoms with Crippen molar-refractivity contribution in [2.45, 2.75) is 50.7 Å². The van der Waals surface area contributed by atoms with Crippen molar-refractivity contribution in [1.29, 1.82) is 0 Å². The molecule has 2 amide bonds. The molecule has 31 heavy (non-hydrogen) atoms. The smallest absolute Gasteiger partial charge is 0.318 e. The minimum atomic E-state index is -0.365. The zero-order valence-corrected chi connectivity index (χ0v) is 18.0. The van der Waals surface area contributed by atoms with Crippen molar-refractivity contribution in [2.75, 3.05) is 18.5 Å². The molecule has 2 fully saturated rings. The number of nitrogens with zero attached hydrogens (tertiary/aromatic N) is 5. The Hall–Kier alpha value is -2.72. The van der Waals surface area contributed by atoms with Crippen LogP contribution in [-0.4, -0.2) is 62.4 Å². The van der Waals surface area contributed by atoms with E-state index in [1.807, 2.05) is 30.0 Å². The molecule has 2 bridgehead atoms. The average molecular weight is 442 g/mol. The fraction of sp³-hybridized carbons (Fsp3) is 0.476. The molecule has 1 aromatic carbocycles. The highest BCUT2D eigenvalue weighted by atomic mass is 32.1. The topological polar surface area (TPSA) is 95.9 Å². The number of fused-ring (bicyclic) bond motifs is 3. The fourth-order valence-corrected chi connectivity index (χ4v) is 5.41. The molecule has 5 rings (SSSR count). The second kappa shape index (κ2) is 8.43. The van der Waals surface area contributed by atoms with Gasteiger partial charge in [0.25, 0.3) is 0 Å². The molecule has 10 heteroatoms. The van der Waals surface area contributed by atoms with Crippen molar-refractivity contribution in [1.82, 2.24) is 30.4 Å². The van der Waals surface area contributed by atoms with Crippen LogP contribution in [0.15, 0.2) is 24.4 Å². The number of aryl methyl sites for hydroxylation is 1. The minimum Gasteiger partial charge on any atom is -0.318 e. The highest BCUT2D eigenvalue weighted by Crippen LogP contribution is 2.36. The normalized spacial score (nSPS) is 22.8. The average Bonchev–Trinajstić information content (AvgIpc) is 3.32. The number of urea groups is 1. The first-order valence-electron chi connectivity index (χ1n) is 10.6. The molecule has 2 aromatic heterocycles. The van der Waals surface area contributed by atoms with Gasteiger partial charge in [-0.15, -0.1) is 10.2 Å². The van der Waals surface area contributed by atoms with Gasteiger partial charge in [0, 0.05) is 41.8 Å². The Morgan fingerprint density at radius 3 is 2.77 bits per heavy atom. The Kier molecular flexibility index (Phi) is 5.49. The molecule has 2 aliphatic rings. The number of anilines is 1. The summed E-state index contributed by atoms with van der Waals surface area (Å²) in [5.74, 6) is 0.292. The first-order valence-corrected chi connectivity index (χ1v) is 11.4. The van der Waals surface area contributed by atoms with E-state index >= 15 is 0 Å². The Morgan fingerprint density at radius 2 is 2.06 bits per heavy atom. The molecule has 1 unspecified atom stereocenters. The van der Waals surface area contributed by atoms with E-state index in [0.29, 0.717) is 12.5 Å². The van der Waals surface area contributed by atoms with Gasteiger partial charge < -0.3 is 10.2 Å². The van der Waals surface area contributed by atoms with Crippen LogP contribution in [-0.2, 0) is 0 Å². The predicted octanol–water partition coefficient (Wildman–Crippen LogP) is 3.54. The third kappa shape index (κ3) is 4.09. The van der Waals surface area contributed by atoms with E-state index < -0.39 is 0 Å². The second-order valence-electron chi connectivity index (χ2n) is 8.13. The largest absolute Gasteiger partial charge is 0.324 e. The first-order chi connectivity index (χ1) is 15.1. The number of alkyl halides is 1. The van der Waals surface area contributed by atoms with Crippen LogP contribution in [0.3, 0.4) is 0 Å². The molecule has 3 aromatic rings. The number of aromatic nitrogens is 4. The molecule has 3 atom stereocenters. The number of carbonyl (C=O) groups is 1. The van der Waals surface area contributed by atoms with E-state index in [4.69, 9.17) is 0 Å². The van der Waals surface area contributed by atoms with Crippen LogP contribution in [0.4, 0.5) is 15.1 Å². The lowest BCUT2D eigenvalue weighted by Crippen LogP contribution is -2.53. The van der Waals surface area contributed by atoms with Crippen molar-refractivity contribution in [3.8, 4) is 10.6 Å². The molecule has 8 nitrogen and oxygen atoms in total. The number of hydrogen-bond acceptors (Lipinski definition) is 7. The number of benzene rings is 1. The van der Waals surface area contributed by atoms with Crippen molar-refractivity contribution < 1.29 is 9.18 Å². The highest BCUT2D eigenvalue weighted by molar-refractivity contribution is 7.14. The number of carbonyl (C=O) groups excluding carboxylic acids is 1. The van der Waals surface area contributed by atoms with Crippen LogP contribution in [0.5, 0.6) is 0 Å². The summed E-state index contributed by atoms with van der Waals surface area (Å²) < 4.78 is 12.5. The maximum Gasteiger partial charge on any atom is 0.324 e. The molecular formula is C21H24FN7OS. The predicted molar refractivity (Wildman–Crippen MR) is 118 cm³/mol. The zero-order valence-electron chi connectivity index (χ0n) is 17.2. The molecule has 0 spiro atoms. The summed E-state index contributed by atoms with van der Waals surface area (Å²) in [5.41, 5.74) is 1.68. The summed E-state index contributed by atoms with van der Waals surface area (Å²) >= 11 is 1.53. The fourth-order valence-electron chi connectivity index (χ4n) is 4.72. The SMILES string of the molecule is Cc1nnc(-c2ccc3cnc(NC(=O)N4[C@@H]5CC[C@H]4CC(NCCF)C5)nc3c2)s1. The Labute approximate surface area is 183 Å². The second-order valence-corrected chi connectivity index (χ2v) is 9.31. The lowest BCUT2D eigenvalue weighted by Gasteiger charge is -2.39. The standard InChI is InChI=1S/C21H24FN7OS/c1-12-27-28-19(31-12)13-2-3-14-11-24-20(25-18(14)8-13)26-21(30)29-16-4-5-17(29)10-15(9-16)23-7-6-22/h2-3,8,11,15-17,23H,4-7,9-10H2,1H3,(H,24,25,26,30)/t15?,16-,17+. The molecule has 0 aliphatic carbocycles. The monoisotopic (exact) mass is 441 g/mol. The molecule has 2 saturated heterocycles. The van der Waals surface area contributed by atoms with Crippen LogP contribution in [0.25, 0.3) is 21.5 Å². The van der Waals surface area contributed by atoms with Gasteiger partial charge in [0.05, 0.1) is 5.52 Å². The van der Waals surface area contributed by atoms with Gasteiger partial charge in [-0.1, -0.05) is 23.5 Å². The van der Waals surface area contributed by atoms with E-state index in [9.17, 15) is 9.18 Å². The molecule has 2 aliphatic heterocycles. The third-order valence-electron chi connectivity index (χ3n) is 6.07. The van der Waals surface area contributed by atoms with E-state index in [0.717, 1.165) is 52.2 Å². The number of hydrogen-bond donors (Lipinski definition) is 2. The lowest BCUT2D eigenvalue weighted by atomic mass is 9.97. The van der Waals surface area contributed by atoms with Gasteiger partial charge in [-0.05, 0) is 38.7 Å². The van der Waals surface area contributed by atoms with Crippen LogP contribution >= 0.6 is 11.3 Å². The van der Waals surface area contributed by atoms with Gasteiger partial charge in [0.1, 0.15) is 16.7 Å². The van der Waals surface area contributed by atoms with Crippen molar-refractivity contribution in [2.24, 2.45) is 0 Å². The van der Waals surface area contributed by atoms with Gasteiger partial charge in [0.2, 0.25) is 5.95 Å². The van der Waals surface area contributed by atoms with Crippen molar-refractivity contribution in [3.63, 3.8) is 0 Å². The summed E-state index contributed by atoms with van der Waals surface area (Å²) in [5, 5.41) is 17.0.